The molecule has 2 aromatic rings. The maximum absolute atomic E-state index is 12.7. The van der Waals surface area contributed by atoms with Crippen molar-refractivity contribution in [3.05, 3.63) is 36.0 Å². The average molecular weight is 272 g/mol. The Balaban J connectivity index is 1.90. The van der Waals surface area contributed by atoms with E-state index in [2.05, 4.69) is 4.98 Å². The van der Waals surface area contributed by atoms with Crippen molar-refractivity contribution in [2.45, 2.75) is 38.3 Å². The van der Waals surface area contributed by atoms with Gasteiger partial charge in [0.15, 0.2) is 0 Å². The lowest BCUT2D eigenvalue weighted by atomic mass is 9.98. The van der Waals surface area contributed by atoms with Gasteiger partial charge < -0.3 is 15.0 Å². The Labute approximate surface area is 118 Å². The summed E-state index contributed by atoms with van der Waals surface area (Å²) in [6.07, 6.45) is 2.48. The standard InChI is InChI=1S/C16H20N2O2/c1-11(19)15-8-4-5-9-18(15)16(20)14-10-12-6-2-3-7-13(12)17-14/h2-3,6-7,10-11,15,17,19H,4-5,8-9H2,1H3. The van der Waals surface area contributed by atoms with E-state index in [1.54, 1.807) is 6.92 Å². The highest BCUT2D eigenvalue weighted by atomic mass is 16.3. The molecule has 1 aromatic carbocycles. The summed E-state index contributed by atoms with van der Waals surface area (Å²) in [5.41, 5.74) is 1.58. The lowest BCUT2D eigenvalue weighted by Crippen LogP contribution is -2.49. The summed E-state index contributed by atoms with van der Waals surface area (Å²) in [5.74, 6) is -0.00759. The zero-order chi connectivity index (χ0) is 14.1. The van der Waals surface area contributed by atoms with Crippen LogP contribution in [0.2, 0.25) is 0 Å². The van der Waals surface area contributed by atoms with Gasteiger partial charge in [0, 0.05) is 17.4 Å². The third kappa shape index (κ3) is 2.31. The molecule has 2 unspecified atom stereocenters. The molecule has 0 spiro atoms. The number of aromatic amines is 1. The predicted octanol–water partition coefficient (Wildman–Crippen LogP) is 2.54. The number of H-pyrrole nitrogens is 1. The molecule has 3 rings (SSSR count). The number of benzene rings is 1. The molecule has 4 heteroatoms. The zero-order valence-electron chi connectivity index (χ0n) is 11.7. The zero-order valence-corrected chi connectivity index (χ0v) is 11.7. The smallest absolute Gasteiger partial charge is 0.270 e. The second-order valence-electron chi connectivity index (χ2n) is 5.57. The number of nitrogens with zero attached hydrogens (tertiary/aromatic N) is 1. The number of para-hydroxylation sites is 1. The molecule has 0 saturated carbocycles. The normalized spacial score (nSPS) is 21.1. The number of amides is 1. The van der Waals surface area contributed by atoms with Gasteiger partial charge in [0.05, 0.1) is 12.1 Å². The van der Waals surface area contributed by atoms with Crippen molar-refractivity contribution in [1.82, 2.24) is 9.88 Å². The number of hydrogen-bond acceptors (Lipinski definition) is 2. The number of aliphatic hydroxyl groups is 1. The minimum Gasteiger partial charge on any atom is -0.391 e. The summed E-state index contributed by atoms with van der Waals surface area (Å²) in [6.45, 7) is 2.49. The summed E-state index contributed by atoms with van der Waals surface area (Å²) in [5, 5.41) is 10.9. The van der Waals surface area contributed by atoms with Gasteiger partial charge in [-0.05, 0) is 38.3 Å². The number of fused-ring (bicyclic) bond motifs is 1. The third-order valence-corrected chi connectivity index (χ3v) is 4.13. The minimum absolute atomic E-state index is 0.00759. The molecule has 2 heterocycles. The van der Waals surface area contributed by atoms with Gasteiger partial charge in [0.1, 0.15) is 5.69 Å². The van der Waals surface area contributed by atoms with Crippen LogP contribution in [0.15, 0.2) is 30.3 Å². The van der Waals surface area contributed by atoms with E-state index >= 15 is 0 Å². The highest BCUT2D eigenvalue weighted by Gasteiger charge is 2.31. The molecule has 0 bridgehead atoms. The number of carbonyl (C=O) groups is 1. The SMILES string of the molecule is CC(O)C1CCCCN1C(=O)c1cc2ccccc2[nH]1. The topological polar surface area (TPSA) is 56.3 Å². The van der Waals surface area contributed by atoms with Crippen molar-refractivity contribution >= 4 is 16.8 Å². The second-order valence-corrected chi connectivity index (χ2v) is 5.57. The van der Waals surface area contributed by atoms with E-state index in [4.69, 9.17) is 0 Å². The van der Waals surface area contributed by atoms with Gasteiger partial charge in [-0.15, -0.1) is 0 Å². The first kappa shape index (κ1) is 13.2. The van der Waals surface area contributed by atoms with Crippen molar-refractivity contribution in [3.8, 4) is 0 Å². The fourth-order valence-electron chi connectivity index (χ4n) is 3.05. The van der Waals surface area contributed by atoms with Crippen LogP contribution in [0.4, 0.5) is 0 Å². The fraction of sp³-hybridized carbons (Fsp3) is 0.438. The van der Waals surface area contributed by atoms with Crippen LogP contribution >= 0.6 is 0 Å². The highest BCUT2D eigenvalue weighted by Crippen LogP contribution is 2.23. The summed E-state index contributed by atoms with van der Waals surface area (Å²) >= 11 is 0. The fourth-order valence-corrected chi connectivity index (χ4v) is 3.05. The van der Waals surface area contributed by atoms with Crippen molar-refractivity contribution in [3.63, 3.8) is 0 Å². The molecule has 1 aliphatic heterocycles. The average Bonchev–Trinajstić information content (AvgIpc) is 2.90. The van der Waals surface area contributed by atoms with Gasteiger partial charge in [-0.1, -0.05) is 18.2 Å². The Kier molecular flexibility index (Phi) is 3.49. The number of carbonyl (C=O) groups excluding carboxylic acids is 1. The Morgan fingerprint density at radius 2 is 2.20 bits per heavy atom. The molecule has 1 fully saturated rings. The molecule has 1 saturated heterocycles. The van der Waals surface area contributed by atoms with E-state index in [1.807, 2.05) is 35.2 Å². The lowest BCUT2D eigenvalue weighted by molar-refractivity contribution is 0.0277. The first-order chi connectivity index (χ1) is 9.66. The second kappa shape index (κ2) is 5.29. The van der Waals surface area contributed by atoms with Crippen LogP contribution in [-0.4, -0.2) is 39.6 Å². The molecule has 4 nitrogen and oxygen atoms in total. The number of piperidine rings is 1. The molecule has 1 amide bonds. The van der Waals surface area contributed by atoms with Crippen LogP contribution in [0.5, 0.6) is 0 Å². The number of aliphatic hydroxyl groups excluding tert-OH is 1. The minimum atomic E-state index is -0.483. The molecule has 106 valence electrons. The number of nitrogens with one attached hydrogen (secondary N) is 1. The van der Waals surface area contributed by atoms with Gasteiger partial charge in [-0.2, -0.15) is 0 Å². The van der Waals surface area contributed by atoms with E-state index in [0.717, 1.165) is 36.7 Å². The van der Waals surface area contributed by atoms with E-state index in [9.17, 15) is 9.90 Å². The Morgan fingerprint density at radius 1 is 1.40 bits per heavy atom. The van der Waals surface area contributed by atoms with Gasteiger partial charge in [-0.3, -0.25) is 4.79 Å². The summed E-state index contributed by atoms with van der Waals surface area (Å²) < 4.78 is 0. The Bertz CT molecular complexity index is 585. The molecule has 20 heavy (non-hydrogen) atoms. The Hall–Kier alpha value is -1.81. The number of likely N-dealkylation sites (tertiary alicyclic amines) is 1. The monoisotopic (exact) mass is 272 g/mol. The lowest BCUT2D eigenvalue weighted by Gasteiger charge is -2.37. The molecule has 1 aliphatic rings. The maximum atomic E-state index is 12.7. The predicted molar refractivity (Wildman–Crippen MR) is 78.7 cm³/mol. The van der Waals surface area contributed by atoms with Crippen LogP contribution < -0.4 is 0 Å². The van der Waals surface area contributed by atoms with Crippen LogP contribution in [0.25, 0.3) is 10.9 Å². The number of aromatic nitrogens is 1. The molecule has 1 aromatic heterocycles. The van der Waals surface area contributed by atoms with E-state index in [-0.39, 0.29) is 11.9 Å². The van der Waals surface area contributed by atoms with Crippen molar-refractivity contribution in [2.75, 3.05) is 6.54 Å². The van der Waals surface area contributed by atoms with Gasteiger partial charge in [-0.25, -0.2) is 0 Å². The van der Waals surface area contributed by atoms with Crippen LogP contribution in [0.3, 0.4) is 0 Å². The van der Waals surface area contributed by atoms with E-state index in [1.165, 1.54) is 0 Å². The van der Waals surface area contributed by atoms with Crippen molar-refractivity contribution < 1.29 is 9.90 Å². The summed E-state index contributed by atoms with van der Waals surface area (Å²) in [6, 6.07) is 9.70. The van der Waals surface area contributed by atoms with Crippen molar-refractivity contribution in [2.24, 2.45) is 0 Å². The summed E-state index contributed by atoms with van der Waals surface area (Å²) in [4.78, 5) is 17.7. The van der Waals surface area contributed by atoms with E-state index < -0.39 is 6.10 Å². The van der Waals surface area contributed by atoms with Gasteiger partial charge in [0.2, 0.25) is 0 Å². The Morgan fingerprint density at radius 3 is 2.95 bits per heavy atom. The quantitative estimate of drug-likeness (QED) is 0.882. The van der Waals surface area contributed by atoms with Crippen LogP contribution in [-0.2, 0) is 0 Å². The first-order valence-electron chi connectivity index (χ1n) is 7.23. The molecule has 2 N–H and O–H groups in total. The molecule has 0 aliphatic carbocycles. The van der Waals surface area contributed by atoms with E-state index in [0.29, 0.717) is 5.69 Å². The molecular formula is C16H20N2O2. The third-order valence-electron chi connectivity index (χ3n) is 4.13. The first-order valence-corrected chi connectivity index (χ1v) is 7.23. The highest BCUT2D eigenvalue weighted by molar-refractivity contribution is 5.98. The number of rotatable bonds is 2. The number of hydrogen-bond donors (Lipinski definition) is 2. The van der Waals surface area contributed by atoms with Gasteiger partial charge in [0.25, 0.3) is 5.91 Å². The van der Waals surface area contributed by atoms with Crippen LogP contribution in [0.1, 0.15) is 36.7 Å². The van der Waals surface area contributed by atoms with Gasteiger partial charge >= 0.3 is 0 Å². The molecule has 2 atom stereocenters. The summed E-state index contributed by atoms with van der Waals surface area (Å²) in [7, 11) is 0. The maximum Gasteiger partial charge on any atom is 0.270 e. The van der Waals surface area contributed by atoms with Crippen LogP contribution in [0, 0.1) is 0 Å². The van der Waals surface area contributed by atoms with Crippen molar-refractivity contribution in [1.29, 1.82) is 0 Å². The largest absolute Gasteiger partial charge is 0.391 e. The molecule has 0 radical (unpaired) electrons. The molecular weight excluding hydrogens is 252 g/mol.